The number of carbonyl (C=O) groups is 1. The summed E-state index contributed by atoms with van der Waals surface area (Å²) in [5, 5.41) is 0. The zero-order chi connectivity index (χ0) is 12.8. The number of esters is 1. The van der Waals surface area contributed by atoms with Gasteiger partial charge in [-0.25, -0.2) is 9.79 Å². The summed E-state index contributed by atoms with van der Waals surface area (Å²) in [6, 6.07) is 0. The Morgan fingerprint density at radius 2 is 2.33 bits per heavy atom. The maximum Gasteiger partial charge on any atom is 0.362 e. The van der Waals surface area contributed by atoms with Gasteiger partial charge < -0.3 is 26.6 Å². The lowest BCUT2D eigenvalue weighted by Gasteiger charge is -2.15. The van der Waals surface area contributed by atoms with Crippen LogP contribution in [-0.4, -0.2) is 50.0 Å². The summed E-state index contributed by atoms with van der Waals surface area (Å²) in [6.45, 7) is 4.59. The summed E-state index contributed by atoms with van der Waals surface area (Å²) in [4.78, 5) is 20.0. The van der Waals surface area contributed by atoms with Crippen LogP contribution in [0.2, 0.25) is 0 Å². The van der Waals surface area contributed by atoms with E-state index >= 15 is 0 Å². The second-order valence-electron chi connectivity index (χ2n) is 4.01. The number of carbonyl (C=O) groups excluding carboxylic acids is 1. The number of aliphatic imine (C=N–C) groups is 1. The number of thioether (sulfide) groups is 1. The van der Waals surface area contributed by atoms with E-state index < -0.39 is 0 Å². The lowest BCUT2D eigenvalue weighted by atomic mass is 10.5. The minimum absolute atomic E-state index is 0. The first-order chi connectivity index (χ1) is 8.02. The second-order valence-corrected chi connectivity index (χ2v) is 5.34. The average molecular weight is 338 g/mol. The summed E-state index contributed by atoms with van der Waals surface area (Å²) in [7, 11) is 3.85. The molecule has 0 aromatic heterocycles. The number of halogens is 1. The van der Waals surface area contributed by atoms with Crippen LogP contribution in [0.15, 0.2) is 16.1 Å². The van der Waals surface area contributed by atoms with Gasteiger partial charge in [-0.1, -0.05) is 0 Å². The molecule has 2 atom stereocenters. The molecular formula is C11H20BrN3O2S. The number of hydrogen-bond donors (Lipinski definition) is 1. The molecule has 0 spiro atoms. The topological polar surface area (TPSA) is 46.3 Å². The Balaban J connectivity index is 0.00000289. The number of ether oxygens (including phenoxy) is 1. The number of hydrogen-bond acceptors (Lipinski definition) is 4. The summed E-state index contributed by atoms with van der Waals surface area (Å²) in [5.41, 5.74) is 0.0156. The van der Waals surface area contributed by atoms with Crippen LogP contribution >= 0.6 is 11.8 Å². The van der Waals surface area contributed by atoms with Crippen molar-refractivity contribution < 1.29 is 31.4 Å². The van der Waals surface area contributed by atoms with E-state index in [2.05, 4.69) is 4.99 Å². The molecule has 1 N–H and O–H groups in total. The van der Waals surface area contributed by atoms with Gasteiger partial charge in [-0.3, -0.25) is 4.90 Å². The Hall–Kier alpha value is -0.530. The molecule has 0 saturated heterocycles. The Kier molecular flexibility index (Phi) is 8.30. The van der Waals surface area contributed by atoms with Gasteiger partial charge >= 0.3 is 5.97 Å². The second kappa shape index (κ2) is 8.55. The Morgan fingerprint density at radius 1 is 1.67 bits per heavy atom. The molecule has 104 valence electrons. The minimum Gasteiger partial charge on any atom is -1.00 e. The highest BCUT2D eigenvalue weighted by Crippen LogP contribution is 2.21. The molecule has 18 heavy (non-hydrogen) atoms. The van der Waals surface area contributed by atoms with Crippen molar-refractivity contribution in [3.8, 4) is 0 Å². The van der Waals surface area contributed by atoms with Gasteiger partial charge in [-0.15, -0.1) is 0 Å². The minimum atomic E-state index is -0.181. The fourth-order valence-corrected chi connectivity index (χ4v) is 2.44. The van der Waals surface area contributed by atoms with Crippen molar-refractivity contribution in [1.29, 1.82) is 0 Å². The summed E-state index contributed by atoms with van der Waals surface area (Å²) in [6.07, 6.45) is 3.80. The fraction of sp³-hybridized carbons (Fsp3) is 0.636. The summed E-state index contributed by atoms with van der Waals surface area (Å²) >= 11 is 1.67. The molecule has 0 fully saturated rings. The van der Waals surface area contributed by atoms with Crippen LogP contribution in [0.1, 0.15) is 13.8 Å². The fourth-order valence-electron chi connectivity index (χ4n) is 1.46. The number of allylic oxidation sites excluding steroid dienone is 1. The number of nitrogens with zero attached hydrogens (tertiary/aromatic N) is 2. The lowest BCUT2D eigenvalue weighted by Crippen LogP contribution is -3.10. The monoisotopic (exact) mass is 337 g/mol. The van der Waals surface area contributed by atoms with Gasteiger partial charge in [0, 0.05) is 19.0 Å². The van der Waals surface area contributed by atoms with Crippen molar-refractivity contribution in [1.82, 2.24) is 4.90 Å². The third-order valence-corrected chi connectivity index (χ3v) is 3.23. The van der Waals surface area contributed by atoms with Crippen LogP contribution in [0.4, 0.5) is 0 Å². The van der Waals surface area contributed by atoms with Crippen molar-refractivity contribution in [2.75, 3.05) is 27.2 Å². The smallest absolute Gasteiger partial charge is 0.362 e. The number of nitrogens with one attached hydrogen (secondary N) is 1. The molecule has 0 saturated carbocycles. The van der Waals surface area contributed by atoms with E-state index in [-0.39, 0.29) is 28.4 Å². The zero-order valence-electron chi connectivity index (χ0n) is 11.1. The highest BCUT2D eigenvalue weighted by atomic mass is 79.9. The molecule has 0 aromatic rings. The largest absolute Gasteiger partial charge is 1.00 e. The molecule has 0 radical (unpaired) electrons. The molecule has 1 aliphatic rings. The molecule has 0 amide bonds. The number of rotatable bonds is 5. The number of quaternary nitrogens is 1. The predicted octanol–water partition coefficient (Wildman–Crippen LogP) is -3.08. The molecule has 7 heteroatoms. The molecule has 1 rings (SSSR count). The van der Waals surface area contributed by atoms with Crippen LogP contribution < -0.4 is 21.9 Å². The molecule has 2 unspecified atom stereocenters. The van der Waals surface area contributed by atoms with Gasteiger partial charge in [0.15, 0.2) is 6.54 Å². The Morgan fingerprint density at radius 3 is 2.89 bits per heavy atom. The first-order valence-electron chi connectivity index (χ1n) is 5.59. The third-order valence-electron chi connectivity index (χ3n) is 2.09. The quantitative estimate of drug-likeness (QED) is 0.328. The zero-order valence-corrected chi connectivity index (χ0v) is 13.5. The van der Waals surface area contributed by atoms with E-state index in [0.717, 1.165) is 4.90 Å². The van der Waals surface area contributed by atoms with E-state index in [9.17, 15) is 4.79 Å². The van der Waals surface area contributed by atoms with Crippen molar-refractivity contribution in [2.24, 2.45) is 4.99 Å². The van der Waals surface area contributed by atoms with Gasteiger partial charge in [-0.05, 0) is 25.6 Å². The molecule has 1 aliphatic heterocycles. The summed E-state index contributed by atoms with van der Waals surface area (Å²) < 4.78 is 4.95. The van der Waals surface area contributed by atoms with Gasteiger partial charge in [0.05, 0.1) is 12.9 Å². The molecule has 0 bridgehead atoms. The van der Waals surface area contributed by atoms with Gasteiger partial charge in [0.25, 0.3) is 0 Å². The maximum atomic E-state index is 11.4. The van der Waals surface area contributed by atoms with E-state index in [1.54, 1.807) is 18.1 Å². The first-order valence-corrected chi connectivity index (χ1v) is 6.47. The van der Waals surface area contributed by atoms with E-state index in [1.807, 2.05) is 39.0 Å². The maximum absolute atomic E-state index is 11.4. The van der Waals surface area contributed by atoms with Gasteiger partial charge in [-0.2, -0.15) is 0 Å². The third kappa shape index (κ3) is 5.88. The molecular weight excluding hydrogens is 318 g/mol. The molecule has 1 heterocycles. The van der Waals surface area contributed by atoms with E-state index in [1.165, 1.54) is 4.91 Å². The van der Waals surface area contributed by atoms with Gasteiger partial charge in [0.2, 0.25) is 5.50 Å². The van der Waals surface area contributed by atoms with E-state index in [4.69, 9.17) is 4.74 Å². The molecule has 0 aliphatic carbocycles. The first kappa shape index (κ1) is 17.5. The van der Waals surface area contributed by atoms with Crippen LogP contribution in [-0.2, 0) is 9.53 Å². The molecule has 0 aromatic carbocycles. The Bertz CT molecular complexity index is 334. The lowest BCUT2D eigenvalue weighted by molar-refractivity contribution is -0.846. The van der Waals surface area contributed by atoms with Crippen molar-refractivity contribution in [3.05, 3.63) is 11.1 Å². The van der Waals surface area contributed by atoms with Crippen molar-refractivity contribution in [3.63, 3.8) is 0 Å². The van der Waals surface area contributed by atoms with Crippen molar-refractivity contribution >= 4 is 24.1 Å². The van der Waals surface area contributed by atoms with Crippen LogP contribution in [0.25, 0.3) is 0 Å². The molecule has 5 nitrogen and oxygen atoms in total. The predicted molar refractivity (Wildman–Crippen MR) is 69.8 cm³/mol. The highest BCUT2D eigenvalue weighted by molar-refractivity contribution is 8.03. The van der Waals surface area contributed by atoms with Crippen LogP contribution in [0.5, 0.6) is 0 Å². The van der Waals surface area contributed by atoms with Crippen LogP contribution in [0.3, 0.4) is 0 Å². The van der Waals surface area contributed by atoms with E-state index in [0.29, 0.717) is 13.2 Å². The SMILES string of the molecule is CCOC(=O)C[NH+]1C=C(C)SC1N=CN(C)C.[Br-]. The van der Waals surface area contributed by atoms with Crippen LogP contribution in [0, 0.1) is 0 Å². The average Bonchev–Trinajstić information content (AvgIpc) is 2.56. The van der Waals surface area contributed by atoms with Gasteiger partial charge in [0.1, 0.15) is 6.20 Å². The van der Waals surface area contributed by atoms with Crippen molar-refractivity contribution in [2.45, 2.75) is 19.3 Å². The normalized spacial score (nSPS) is 22.6. The summed E-state index contributed by atoms with van der Waals surface area (Å²) in [5.74, 6) is -0.181. The standard InChI is InChI=1S/C11H19N3O2S.BrH/c1-5-16-10(15)7-14-6-9(2)17-11(14)12-8-13(3)4;/h6,8,11H,5,7H2,1-4H3;1H. The highest BCUT2D eigenvalue weighted by Gasteiger charge is 2.30. The Labute approximate surface area is 123 Å².